The number of nitrogens with one attached hydrogen (secondary N) is 1. The first-order valence-electron chi connectivity index (χ1n) is 6.61. The zero-order valence-electron chi connectivity index (χ0n) is 11.9. The highest BCUT2D eigenvalue weighted by molar-refractivity contribution is 7.09. The maximum atomic E-state index is 6.10. The SMILES string of the molecule is CCNC(Cc1cc(Cl)ccc1OC)c1scnc1C. The standard InChI is InChI=1S/C15H19ClN2OS/c1-4-17-13(15-10(2)18-9-20-15)8-11-7-12(16)5-6-14(11)19-3/h5-7,9,13,17H,4,8H2,1-3H3. The zero-order valence-corrected chi connectivity index (χ0v) is 13.5. The number of aromatic nitrogens is 1. The second kappa shape index (κ2) is 7.07. The van der Waals surface area contributed by atoms with Crippen LogP contribution < -0.4 is 10.1 Å². The Morgan fingerprint density at radius 3 is 2.85 bits per heavy atom. The van der Waals surface area contributed by atoms with Crippen LogP contribution in [0.25, 0.3) is 0 Å². The molecule has 2 rings (SSSR count). The molecule has 108 valence electrons. The number of likely N-dealkylation sites (N-methyl/N-ethyl adjacent to an activating group) is 1. The van der Waals surface area contributed by atoms with Crippen molar-refractivity contribution >= 4 is 22.9 Å². The average molecular weight is 311 g/mol. The number of thiazole rings is 1. The summed E-state index contributed by atoms with van der Waals surface area (Å²) in [6.07, 6.45) is 0.834. The van der Waals surface area contributed by atoms with Crippen LogP contribution in [0, 0.1) is 6.92 Å². The van der Waals surface area contributed by atoms with Crippen LogP contribution in [0.1, 0.15) is 29.1 Å². The number of benzene rings is 1. The van der Waals surface area contributed by atoms with Crippen LogP contribution in [0.4, 0.5) is 0 Å². The fourth-order valence-electron chi connectivity index (χ4n) is 2.28. The number of hydrogen-bond acceptors (Lipinski definition) is 4. The van der Waals surface area contributed by atoms with E-state index >= 15 is 0 Å². The van der Waals surface area contributed by atoms with Gasteiger partial charge in [-0.25, -0.2) is 4.98 Å². The molecule has 0 aliphatic heterocycles. The minimum Gasteiger partial charge on any atom is -0.496 e. The lowest BCUT2D eigenvalue weighted by Gasteiger charge is -2.19. The Morgan fingerprint density at radius 2 is 2.25 bits per heavy atom. The third-order valence-electron chi connectivity index (χ3n) is 3.22. The molecule has 0 saturated heterocycles. The van der Waals surface area contributed by atoms with Crippen molar-refractivity contribution in [1.82, 2.24) is 10.3 Å². The van der Waals surface area contributed by atoms with E-state index in [1.807, 2.05) is 30.6 Å². The molecule has 0 bridgehead atoms. The summed E-state index contributed by atoms with van der Waals surface area (Å²) in [6.45, 7) is 5.06. The summed E-state index contributed by atoms with van der Waals surface area (Å²) in [7, 11) is 1.69. The molecule has 5 heteroatoms. The van der Waals surface area contributed by atoms with Crippen LogP contribution in [-0.2, 0) is 6.42 Å². The largest absolute Gasteiger partial charge is 0.496 e. The monoisotopic (exact) mass is 310 g/mol. The first-order valence-corrected chi connectivity index (χ1v) is 7.87. The van der Waals surface area contributed by atoms with Gasteiger partial charge >= 0.3 is 0 Å². The van der Waals surface area contributed by atoms with Crippen LogP contribution in [0.3, 0.4) is 0 Å². The van der Waals surface area contributed by atoms with Crippen LogP contribution >= 0.6 is 22.9 Å². The van der Waals surface area contributed by atoms with Crippen LogP contribution in [0.15, 0.2) is 23.7 Å². The lowest BCUT2D eigenvalue weighted by Crippen LogP contribution is -2.23. The van der Waals surface area contributed by atoms with E-state index in [-0.39, 0.29) is 6.04 Å². The molecule has 1 aromatic carbocycles. The smallest absolute Gasteiger partial charge is 0.122 e. The quantitative estimate of drug-likeness (QED) is 0.875. The van der Waals surface area contributed by atoms with E-state index in [9.17, 15) is 0 Å². The molecule has 0 fully saturated rings. The molecule has 1 aromatic heterocycles. The topological polar surface area (TPSA) is 34.1 Å². The average Bonchev–Trinajstić information content (AvgIpc) is 2.85. The van der Waals surface area contributed by atoms with Gasteiger partial charge in [0.2, 0.25) is 0 Å². The minimum absolute atomic E-state index is 0.236. The molecule has 0 aliphatic rings. The van der Waals surface area contributed by atoms with E-state index in [1.165, 1.54) is 4.88 Å². The first-order chi connectivity index (χ1) is 9.65. The summed E-state index contributed by atoms with van der Waals surface area (Å²) in [5.74, 6) is 0.875. The van der Waals surface area contributed by atoms with Crippen molar-refractivity contribution in [3.8, 4) is 5.75 Å². The molecule has 0 amide bonds. The molecule has 0 saturated carbocycles. The summed E-state index contributed by atoms with van der Waals surface area (Å²) in [5.41, 5.74) is 4.09. The molecule has 20 heavy (non-hydrogen) atoms. The Balaban J connectivity index is 2.29. The fraction of sp³-hybridized carbons (Fsp3) is 0.400. The summed E-state index contributed by atoms with van der Waals surface area (Å²) in [5, 5.41) is 4.25. The van der Waals surface area contributed by atoms with E-state index in [4.69, 9.17) is 16.3 Å². The van der Waals surface area contributed by atoms with Gasteiger partial charge in [0, 0.05) is 15.9 Å². The van der Waals surface area contributed by atoms with E-state index in [0.29, 0.717) is 0 Å². The van der Waals surface area contributed by atoms with Crippen molar-refractivity contribution in [2.75, 3.05) is 13.7 Å². The van der Waals surface area contributed by atoms with Gasteiger partial charge < -0.3 is 10.1 Å². The van der Waals surface area contributed by atoms with Crippen LogP contribution in [0.2, 0.25) is 5.02 Å². The van der Waals surface area contributed by atoms with Crippen molar-refractivity contribution in [3.63, 3.8) is 0 Å². The molecule has 2 aromatic rings. The third-order valence-corrected chi connectivity index (χ3v) is 4.50. The van der Waals surface area contributed by atoms with Gasteiger partial charge in [0.15, 0.2) is 0 Å². The lowest BCUT2D eigenvalue weighted by molar-refractivity contribution is 0.406. The number of rotatable bonds is 6. The highest BCUT2D eigenvalue weighted by Gasteiger charge is 2.18. The van der Waals surface area contributed by atoms with Crippen molar-refractivity contribution in [3.05, 3.63) is 44.9 Å². The molecule has 1 unspecified atom stereocenters. The van der Waals surface area contributed by atoms with Gasteiger partial charge in [0.1, 0.15) is 5.75 Å². The van der Waals surface area contributed by atoms with E-state index < -0.39 is 0 Å². The van der Waals surface area contributed by atoms with Gasteiger partial charge in [-0.2, -0.15) is 0 Å². The van der Waals surface area contributed by atoms with Gasteiger partial charge in [-0.1, -0.05) is 18.5 Å². The number of aryl methyl sites for hydroxylation is 1. The maximum Gasteiger partial charge on any atom is 0.122 e. The summed E-state index contributed by atoms with van der Waals surface area (Å²) in [4.78, 5) is 5.61. The molecule has 0 aliphatic carbocycles. The molecule has 0 radical (unpaired) electrons. The number of halogens is 1. The second-order valence-electron chi connectivity index (χ2n) is 4.57. The third kappa shape index (κ3) is 3.51. The van der Waals surface area contributed by atoms with Gasteiger partial charge in [0.25, 0.3) is 0 Å². The predicted octanol–water partition coefficient (Wildman–Crippen LogP) is 4.01. The fourth-order valence-corrected chi connectivity index (χ4v) is 3.35. The van der Waals surface area contributed by atoms with Gasteiger partial charge in [-0.15, -0.1) is 11.3 Å². The molecule has 3 nitrogen and oxygen atoms in total. The Morgan fingerprint density at radius 1 is 1.45 bits per heavy atom. The number of nitrogens with zero attached hydrogens (tertiary/aromatic N) is 1. The Hall–Kier alpha value is -1.10. The van der Waals surface area contributed by atoms with Crippen molar-refractivity contribution in [2.24, 2.45) is 0 Å². The van der Waals surface area contributed by atoms with E-state index in [2.05, 4.69) is 17.2 Å². The minimum atomic E-state index is 0.236. The van der Waals surface area contributed by atoms with Crippen molar-refractivity contribution in [1.29, 1.82) is 0 Å². The number of ether oxygens (including phenoxy) is 1. The van der Waals surface area contributed by atoms with E-state index in [1.54, 1.807) is 18.4 Å². The molecule has 1 atom stereocenters. The maximum absolute atomic E-state index is 6.10. The molecular formula is C15H19ClN2OS. The zero-order chi connectivity index (χ0) is 14.5. The van der Waals surface area contributed by atoms with Crippen molar-refractivity contribution in [2.45, 2.75) is 26.3 Å². The Bertz CT molecular complexity index is 571. The Kier molecular flexibility index (Phi) is 5.40. The van der Waals surface area contributed by atoms with Crippen LogP contribution in [-0.4, -0.2) is 18.6 Å². The molecule has 0 spiro atoms. The molecule has 1 heterocycles. The highest BCUT2D eigenvalue weighted by atomic mass is 35.5. The summed E-state index contributed by atoms with van der Waals surface area (Å²) in [6, 6.07) is 5.98. The van der Waals surface area contributed by atoms with Crippen LogP contribution in [0.5, 0.6) is 5.75 Å². The molecular weight excluding hydrogens is 292 g/mol. The summed E-state index contributed by atoms with van der Waals surface area (Å²) < 4.78 is 5.43. The highest BCUT2D eigenvalue weighted by Crippen LogP contribution is 2.30. The normalized spacial score (nSPS) is 12.4. The van der Waals surface area contributed by atoms with Gasteiger partial charge in [0.05, 0.1) is 18.3 Å². The van der Waals surface area contributed by atoms with Gasteiger partial charge in [-0.3, -0.25) is 0 Å². The Labute approximate surface area is 129 Å². The number of methoxy groups -OCH3 is 1. The van der Waals surface area contributed by atoms with E-state index in [0.717, 1.165) is 35.0 Å². The second-order valence-corrected chi connectivity index (χ2v) is 5.90. The van der Waals surface area contributed by atoms with Crippen molar-refractivity contribution < 1.29 is 4.74 Å². The lowest BCUT2D eigenvalue weighted by atomic mass is 10.0. The first kappa shape index (κ1) is 15.3. The molecule has 1 N–H and O–H groups in total. The summed E-state index contributed by atoms with van der Waals surface area (Å²) >= 11 is 7.79. The van der Waals surface area contributed by atoms with Gasteiger partial charge in [-0.05, 0) is 43.7 Å². The predicted molar refractivity (Wildman–Crippen MR) is 85.0 cm³/mol. The number of hydrogen-bond donors (Lipinski definition) is 1.